The number of piperidine rings is 1. The Balaban J connectivity index is 1.62. The zero-order valence-corrected chi connectivity index (χ0v) is 16.7. The normalized spacial score (nSPS) is 14.7. The molecule has 30 heavy (non-hydrogen) atoms. The van der Waals surface area contributed by atoms with Gasteiger partial charge in [-0.2, -0.15) is 5.26 Å². The van der Waals surface area contributed by atoms with Gasteiger partial charge in [0.25, 0.3) is 0 Å². The van der Waals surface area contributed by atoms with E-state index in [0.29, 0.717) is 23.1 Å². The van der Waals surface area contributed by atoms with Gasteiger partial charge >= 0.3 is 0 Å². The zero-order valence-electron chi connectivity index (χ0n) is 16.7. The van der Waals surface area contributed by atoms with Crippen molar-refractivity contribution in [3.05, 3.63) is 59.8 Å². The molecule has 0 unspecified atom stereocenters. The number of nitriles is 1. The standard InChI is InChI=1S/C24H22N4O2/c1-29-24-13-23(30-18-2-3-21-16(10-18)6-9-27-21)20-11-17(14-25)19(12-22(20)28-24)15-4-7-26-8-5-15/h2-3,6,9-13,15,26-27H,4-5,7-8H2,1H3. The van der Waals surface area contributed by atoms with Crippen LogP contribution < -0.4 is 14.8 Å². The van der Waals surface area contributed by atoms with Crippen molar-refractivity contribution in [3.8, 4) is 23.4 Å². The average molecular weight is 398 g/mol. The first-order valence-electron chi connectivity index (χ1n) is 10.1. The predicted molar refractivity (Wildman–Crippen MR) is 116 cm³/mol. The lowest BCUT2D eigenvalue weighted by Gasteiger charge is -2.24. The Labute approximate surface area is 174 Å². The van der Waals surface area contributed by atoms with Crippen LogP contribution in [-0.2, 0) is 0 Å². The molecule has 0 bridgehead atoms. The van der Waals surface area contributed by atoms with Crippen molar-refractivity contribution in [2.45, 2.75) is 18.8 Å². The van der Waals surface area contributed by atoms with Gasteiger partial charge in [-0.15, -0.1) is 0 Å². The minimum Gasteiger partial charge on any atom is -0.481 e. The van der Waals surface area contributed by atoms with Gasteiger partial charge in [0.2, 0.25) is 5.88 Å². The zero-order chi connectivity index (χ0) is 20.5. The van der Waals surface area contributed by atoms with E-state index in [9.17, 15) is 5.26 Å². The maximum absolute atomic E-state index is 9.83. The van der Waals surface area contributed by atoms with E-state index in [0.717, 1.165) is 59.0 Å². The fraction of sp³-hybridized carbons (Fsp3) is 0.250. The Morgan fingerprint density at radius 1 is 1.10 bits per heavy atom. The van der Waals surface area contributed by atoms with Crippen molar-refractivity contribution in [3.63, 3.8) is 0 Å². The summed E-state index contributed by atoms with van der Waals surface area (Å²) in [5.41, 5.74) is 3.58. The molecule has 0 amide bonds. The molecular formula is C24H22N4O2. The van der Waals surface area contributed by atoms with Crippen molar-refractivity contribution in [2.24, 2.45) is 0 Å². The second kappa shape index (κ2) is 7.69. The molecule has 1 aliphatic rings. The van der Waals surface area contributed by atoms with Gasteiger partial charge in [-0.3, -0.25) is 0 Å². The first-order valence-corrected chi connectivity index (χ1v) is 10.1. The smallest absolute Gasteiger partial charge is 0.217 e. The Hall–Kier alpha value is -3.56. The Morgan fingerprint density at radius 3 is 2.77 bits per heavy atom. The van der Waals surface area contributed by atoms with E-state index in [1.54, 1.807) is 13.2 Å². The molecule has 1 aliphatic heterocycles. The minimum absolute atomic E-state index is 0.360. The molecule has 150 valence electrons. The number of fused-ring (bicyclic) bond motifs is 2. The number of H-pyrrole nitrogens is 1. The second-order valence-corrected chi connectivity index (χ2v) is 7.58. The number of hydrogen-bond acceptors (Lipinski definition) is 5. The van der Waals surface area contributed by atoms with Crippen molar-refractivity contribution < 1.29 is 9.47 Å². The van der Waals surface area contributed by atoms with Gasteiger partial charge in [0, 0.05) is 28.6 Å². The van der Waals surface area contributed by atoms with E-state index in [1.807, 2.05) is 42.6 Å². The van der Waals surface area contributed by atoms with E-state index in [2.05, 4.69) is 21.4 Å². The number of nitrogens with one attached hydrogen (secondary N) is 2. The van der Waals surface area contributed by atoms with Crippen molar-refractivity contribution in [1.82, 2.24) is 15.3 Å². The summed E-state index contributed by atoms with van der Waals surface area (Å²) in [7, 11) is 1.60. The molecular weight excluding hydrogens is 376 g/mol. The highest BCUT2D eigenvalue weighted by Gasteiger charge is 2.21. The summed E-state index contributed by atoms with van der Waals surface area (Å²) in [6.07, 6.45) is 3.94. The number of pyridine rings is 1. The molecule has 5 rings (SSSR count). The fourth-order valence-electron chi connectivity index (χ4n) is 4.21. The van der Waals surface area contributed by atoms with Crippen LogP contribution in [0, 0.1) is 11.3 Å². The number of aromatic amines is 1. The highest BCUT2D eigenvalue weighted by molar-refractivity contribution is 5.89. The molecule has 0 radical (unpaired) electrons. The quantitative estimate of drug-likeness (QED) is 0.513. The maximum atomic E-state index is 9.83. The Bertz CT molecular complexity index is 1270. The molecule has 0 spiro atoms. The Kier molecular flexibility index (Phi) is 4.74. The number of benzene rings is 2. The number of hydrogen-bond donors (Lipinski definition) is 2. The number of ether oxygens (including phenoxy) is 2. The molecule has 0 atom stereocenters. The molecule has 2 aromatic heterocycles. The van der Waals surface area contributed by atoms with Crippen LogP contribution in [0.1, 0.15) is 29.9 Å². The van der Waals surface area contributed by atoms with Gasteiger partial charge in [0.15, 0.2) is 0 Å². The minimum atomic E-state index is 0.360. The summed E-state index contributed by atoms with van der Waals surface area (Å²) in [5, 5.41) is 15.1. The third-order valence-corrected chi connectivity index (χ3v) is 5.78. The predicted octanol–water partition coefficient (Wildman–Crippen LogP) is 4.86. The molecule has 6 nitrogen and oxygen atoms in total. The highest BCUT2D eigenvalue weighted by atomic mass is 16.5. The molecule has 4 aromatic rings. The average Bonchev–Trinajstić information content (AvgIpc) is 3.26. The summed E-state index contributed by atoms with van der Waals surface area (Å²) in [6, 6.07) is 16.0. The number of methoxy groups -OCH3 is 1. The molecule has 2 N–H and O–H groups in total. The van der Waals surface area contributed by atoms with Gasteiger partial charge in [-0.1, -0.05) is 0 Å². The molecule has 0 aliphatic carbocycles. The first kappa shape index (κ1) is 18.5. The van der Waals surface area contributed by atoms with E-state index in [1.165, 1.54) is 0 Å². The molecule has 1 fully saturated rings. The fourth-order valence-corrected chi connectivity index (χ4v) is 4.21. The summed E-state index contributed by atoms with van der Waals surface area (Å²) >= 11 is 0. The van der Waals surface area contributed by atoms with E-state index in [-0.39, 0.29) is 0 Å². The van der Waals surface area contributed by atoms with Gasteiger partial charge in [0.05, 0.1) is 24.3 Å². The first-order chi connectivity index (χ1) is 14.7. The van der Waals surface area contributed by atoms with Crippen molar-refractivity contribution >= 4 is 21.8 Å². The van der Waals surface area contributed by atoms with Crippen LogP contribution in [0.3, 0.4) is 0 Å². The van der Waals surface area contributed by atoms with Crippen LogP contribution in [-0.4, -0.2) is 30.2 Å². The summed E-state index contributed by atoms with van der Waals surface area (Å²) in [4.78, 5) is 7.82. The molecule has 6 heteroatoms. The van der Waals surface area contributed by atoms with Gasteiger partial charge < -0.3 is 19.8 Å². The monoisotopic (exact) mass is 398 g/mol. The van der Waals surface area contributed by atoms with Gasteiger partial charge in [0.1, 0.15) is 11.5 Å². The summed E-state index contributed by atoms with van der Waals surface area (Å²) in [5.74, 6) is 2.19. The number of aromatic nitrogens is 2. The Morgan fingerprint density at radius 2 is 1.97 bits per heavy atom. The van der Waals surface area contributed by atoms with Crippen LogP contribution in [0.5, 0.6) is 17.4 Å². The van der Waals surface area contributed by atoms with Crippen LogP contribution in [0.4, 0.5) is 0 Å². The van der Waals surface area contributed by atoms with Gasteiger partial charge in [-0.05, 0) is 73.8 Å². The van der Waals surface area contributed by atoms with Crippen LogP contribution in [0.25, 0.3) is 21.8 Å². The van der Waals surface area contributed by atoms with E-state index >= 15 is 0 Å². The maximum Gasteiger partial charge on any atom is 0.217 e. The molecule has 0 saturated carbocycles. The SMILES string of the molecule is COc1cc(Oc2ccc3[nH]ccc3c2)c2cc(C#N)c(C3CCNCC3)cc2n1. The largest absolute Gasteiger partial charge is 0.481 e. The van der Waals surface area contributed by atoms with Crippen molar-refractivity contribution in [2.75, 3.05) is 20.2 Å². The van der Waals surface area contributed by atoms with Gasteiger partial charge in [-0.25, -0.2) is 4.98 Å². The van der Waals surface area contributed by atoms with E-state index < -0.39 is 0 Å². The molecule has 2 aromatic carbocycles. The number of nitrogens with zero attached hydrogens (tertiary/aromatic N) is 2. The molecule has 3 heterocycles. The van der Waals surface area contributed by atoms with Crippen LogP contribution >= 0.6 is 0 Å². The highest BCUT2D eigenvalue weighted by Crippen LogP contribution is 2.37. The molecule has 1 saturated heterocycles. The van der Waals surface area contributed by atoms with Crippen LogP contribution in [0.15, 0.2) is 48.7 Å². The second-order valence-electron chi connectivity index (χ2n) is 7.58. The summed E-state index contributed by atoms with van der Waals surface area (Å²) < 4.78 is 11.7. The van der Waals surface area contributed by atoms with Crippen molar-refractivity contribution in [1.29, 1.82) is 5.26 Å². The lowest BCUT2D eigenvalue weighted by Crippen LogP contribution is -2.27. The third kappa shape index (κ3) is 3.34. The summed E-state index contributed by atoms with van der Waals surface area (Å²) in [6.45, 7) is 1.93. The van der Waals surface area contributed by atoms with E-state index in [4.69, 9.17) is 9.47 Å². The topological polar surface area (TPSA) is 83.0 Å². The lowest BCUT2D eigenvalue weighted by atomic mass is 9.86. The lowest BCUT2D eigenvalue weighted by molar-refractivity contribution is 0.395. The third-order valence-electron chi connectivity index (χ3n) is 5.78. The number of rotatable bonds is 4. The van der Waals surface area contributed by atoms with Crippen LogP contribution in [0.2, 0.25) is 0 Å².